The van der Waals surface area contributed by atoms with Gasteiger partial charge in [-0.1, -0.05) is 12.0 Å². The highest BCUT2D eigenvalue weighted by Crippen LogP contribution is 2.29. The van der Waals surface area contributed by atoms with E-state index in [0.29, 0.717) is 28.2 Å². The first-order valence-corrected chi connectivity index (χ1v) is 10.0. The van der Waals surface area contributed by atoms with Crippen LogP contribution < -0.4 is 15.4 Å². The molecule has 0 fully saturated rings. The van der Waals surface area contributed by atoms with Crippen molar-refractivity contribution in [1.29, 1.82) is 0 Å². The monoisotopic (exact) mass is 454 g/mol. The number of methoxy groups -OCH3 is 1. The van der Waals surface area contributed by atoms with Crippen LogP contribution >= 0.6 is 0 Å². The van der Waals surface area contributed by atoms with E-state index in [2.05, 4.69) is 42.6 Å². The number of pyridine rings is 2. The molecule has 3 aromatic heterocycles. The molecule has 0 unspecified atom stereocenters. The summed E-state index contributed by atoms with van der Waals surface area (Å²) >= 11 is 0. The first-order chi connectivity index (χ1) is 16.6. The van der Waals surface area contributed by atoms with Crippen molar-refractivity contribution < 1.29 is 19.1 Å². The number of ether oxygens (including phenoxy) is 2. The van der Waals surface area contributed by atoms with Crippen molar-refractivity contribution in [1.82, 2.24) is 20.2 Å². The number of benzene rings is 1. The average Bonchev–Trinajstić information content (AvgIpc) is 2.85. The van der Waals surface area contributed by atoms with Crippen molar-refractivity contribution >= 4 is 34.2 Å². The van der Waals surface area contributed by atoms with Crippen molar-refractivity contribution in [2.24, 2.45) is 0 Å². The maximum atomic E-state index is 12.3. The second-order valence-corrected chi connectivity index (χ2v) is 6.76. The molecule has 0 aliphatic heterocycles. The minimum atomic E-state index is -0.465. The van der Waals surface area contributed by atoms with E-state index in [1.54, 1.807) is 54.9 Å². The van der Waals surface area contributed by atoms with Gasteiger partial charge in [0.05, 0.1) is 5.52 Å². The average molecular weight is 454 g/mol. The Hall–Kier alpha value is -4.88. The van der Waals surface area contributed by atoms with Crippen molar-refractivity contribution in [3.63, 3.8) is 0 Å². The fourth-order valence-corrected chi connectivity index (χ4v) is 2.86. The van der Waals surface area contributed by atoms with Gasteiger partial charge in [-0.05, 0) is 48.4 Å². The zero-order valence-corrected chi connectivity index (χ0v) is 18.0. The molecule has 4 rings (SSSR count). The smallest absolute Gasteiger partial charge is 0.300 e. The summed E-state index contributed by atoms with van der Waals surface area (Å²) in [5.74, 6) is 5.16. The summed E-state index contributed by atoms with van der Waals surface area (Å²) in [6.07, 6.45) is 3.16. The predicted molar refractivity (Wildman–Crippen MR) is 124 cm³/mol. The van der Waals surface area contributed by atoms with Gasteiger partial charge in [0.15, 0.2) is 5.69 Å². The summed E-state index contributed by atoms with van der Waals surface area (Å²) in [5, 5.41) is 13.9. The van der Waals surface area contributed by atoms with E-state index < -0.39 is 11.8 Å². The van der Waals surface area contributed by atoms with E-state index in [1.807, 2.05) is 0 Å². The molecular weight excluding hydrogens is 436 g/mol. The van der Waals surface area contributed by atoms with Crippen molar-refractivity contribution in [2.75, 3.05) is 24.4 Å². The van der Waals surface area contributed by atoms with Crippen LogP contribution in [-0.4, -0.2) is 45.7 Å². The number of fused-ring (bicyclic) bond motifs is 1. The van der Waals surface area contributed by atoms with Crippen molar-refractivity contribution in [3.8, 4) is 23.5 Å². The van der Waals surface area contributed by atoms with Crippen LogP contribution in [0.3, 0.4) is 0 Å². The van der Waals surface area contributed by atoms with Gasteiger partial charge in [0.1, 0.15) is 18.2 Å². The number of rotatable bonds is 6. The molecule has 0 saturated heterocycles. The molecule has 168 valence electrons. The number of carbonyl (C=O) groups is 2. The topological polar surface area (TPSA) is 128 Å². The minimum Gasteiger partial charge on any atom is -0.437 e. The second-order valence-electron chi connectivity index (χ2n) is 6.76. The highest BCUT2D eigenvalue weighted by atomic mass is 16.5. The Bertz CT molecular complexity index is 1380. The van der Waals surface area contributed by atoms with Gasteiger partial charge in [-0.15, -0.1) is 10.2 Å². The highest BCUT2D eigenvalue weighted by molar-refractivity contribution is 6.05. The van der Waals surface area contributed by atoms with E-state index in [9.17, 15) is 9.59 Å². The van der Waals surface area contributed by atoms with Gasteiger partial charge < -0.3 is 20.1 Å². The molecule has 2 amide bonds. The molecule has 3 heterocycles. The highest BCUT2D eigenvalue weighted by Gasteiger charge is 2.12. The van der Waals surface area contributed by atoms with Gasteiger partial charge in [-0.25, -0.2) is 4.98 Å². The zero-order chi connectivity index (χ0) is 23.8. The molecule has 10 heteroatoms. The van der Waals surface area contributed by atoms with Gasteiger partial charge in [-0.3, -0.25) is 14.6 Å². The van der Waals surface area contributed by atoms with Gasteiger partial charge >= 0.3 is 0 Å². The third kappa shape index (κ3) is 5.67. The molecule has 0 bridgehead atoms. The van der Waals surface area contributed by atoms with E-state index in [-0.39, 0.29) is 18.2 Å². The van der Waals surface area contributed by atoms with E-state index >= 15 is 0 Å². The van der Waals surface area contributed by atoms with Crippen LogP contribution in [-0.2, 0) is 9.53 Å². The number of nitrogens with one attached hydrogen (secondary N) is 2. The predicted octanol–water partition coefficient (Wildman–Crippen LogP) is 3.05. The molecule has 2 N–H and O–H groups in total. The van der Waals surface area contributed by atoms with Crippen LogP contribution in [0.2, 0.25) is 0 Å². The molecular formula is C24H18N6O4. The molecule has 0 aliphatic rings. The summed E-state index contributed by atoms with van der Waals surface area (Å²) < 4.78 is 10.7. The summed E-state index contributed by atoms with van der Waals surface area (Å²) in [6, 6.07) is 15.0. The zero-order valence-electron chi connectivity index (χ0n) is 18.0. The summed E-state index contributed by atoms with van der Waals surface area (Å²) in [5.41, 5.74) is 1.28. The molecule has 10 nitrogen and oxygen atoms in total. The maximum Gasteiger partial charge on any atom is 0.300 e. The number of carbonyl (C=O) groups excluding carboxylic acids is 2. The third-order valence-electron chi connectivity index (χ3n) is 4.37. The molecule has 0 atom stereocenters. The summed E-state index contributed by atoms with van der Waals surface area (Å²) in [6.45, 7) is 0.164. The van der Waals surface area contributed by atoms with Crippen molar-refractivity contribution in [2.45, 2.75) is 0 Å². The SMILES string of the molecule is COCC#CC(=O)Nc1ccc2nccc(Oc3ccc(C(=O)Nc4ccccn4)nn3)c2c1. The lowest BCUT2D eigenvalue weighted by molar-refractivity contribution is -0.111. The largest absolute Gasteiger partial charge is 0.437 e. The Labute approximate surface area is 194 Å². The molecule has 0 spiro atoms. The third-order valence-corrected chi connectivity index (χ3v) is 4.37. The van der Waals surface area contributed by atoms with Crippen LogP contribution in [0.15, 0.2) is 67.0 Å². The fourth-order valence-electron chi connectivity index (χ4n) is 2.86. The van der Waals surface area contributed by atoms with Crippen LogP contribution in [0.1, 0.15) is 10.5 Å². The molecule has 0 saturated carbocycles. The van der Waals surface area contributed by atoms with Gasteiger partial charge in [0.2, 0.25) is 5.88 Å². The molecule has 0 aliphatic carbocycles. The first-order valence-electron chi connectivity index (χ1n) is 10.0. The first kappa shape index (κ1) is 22.3. The second kappa shape index (κ2) is 10.6. The summed E-state index contributed by atoms with van der Waals surface area (Å²) in [4.78, 5) is 32.6. The normalized spacial score (nSPS) is 10.1. The number of hydrogen-bond donors (Lipinski definition) is 2. The number of hydrogen-bond acceptors (Lipinski definition) is 8. The van der Waals surface area contributed by atoms with Crippen LogP contribution in [0.4, 0.5) is 11.5 Å². The Balaban J connectivity index is 1.49. The Kier molecular flexibility index (Phi) is 6.97. The van der Waals surface area contributed by atoms with Crippen molar-refractivity contribution in [3.05, 3.63) is 72.7 Å². The number of aromatic nitrogens is 4. The van der Waals surface area contributed by atoms with Gasteiger partial charge in [0, 0.05) is 36.6 Å². The van der Waals surface area contributed by atoms with Crippen LogP contribution in [0, 0.1) is 11.8 Å². The quantitative estimate of drug-likeness (QED) is 0.426. The lowest BCUT2D eigenvalue weighted by Crippen LogP contribution is -2.15. The standard InChI is InChI=1S/C24H18N6O4/c1-33-14-4-6-22(31)27-16-7-8-18-17(15-16)20(11-13-25-18)34-23-10-9-19(29-30-23)24(32)28-21-5-2-3-12-26-21/h2-3,5,7-13,15H,14H2,1H3,(H,27,31)(H,26,28,32). The molecule has 0 radical (unpaired) electrons. The number of anilines is 2. The molecule has 4 aromatic rings. The van der Waals surface area contributed by atoms with Crippen LogP contribution in [0.5, 0.6) is 11.6 Å². The number of nitrogens with zero attached hydrogens (tertiary/aromatic N) is 4. The van der Waals surface area contributed by atoms with Gasteiger partial charge in [-0.2, -0.15) is 0 Å². The van der Waals surface area contributed by atoms with Crippen LogP contribution in [0.25, 0.3) is 10.9 Å². The Morgan fingerprint density at radius 2 is 1.88 bits per heavy atom. The maximum absolute atomic E-state index is 12.3. The fraction of sp³-hybridized carbons (Fsp3) is 0.0833. The molecule has 1 aromatic carbocycles. The van der Waals surface area contributed by atoms with E-state index in [0.717, 1.165) is 0 Å². The lowest BCUT2D eigenvalue weighted by atomic mass is 10.2. The Morgan fingerprint density at radius 1 is 0.971 bits per heavy atom. The number of amides is 2. The molecule has 34 heavy (non-hydrogen) atoms. The minimum absolute atomic E-state index is 0.108. The van der Waals surface area contributed by atoms with E-state index in [1.165, 1.54) is 19.2 Å². The summed E-state index contributed by atoms with van der Waals surface area (Å²) in [7, 11) is 1.50. The Morgan fingerprint density at radius 3 is 2.65 bits per heavy atom. The lowest BCUT2D eigenvalue weighted by Gasteiger charge is -2.09. The van der Waals surface area contributed by atoms with Gasteiger partial charge in [0.25, 0.3) is 11.8 Å². The van der Waals surface area contributed by atoms with E-state index in [4.69, 9.17) is 9.47 Å².